The Morgan fingerprint density at radius 2 is 1.61 bits per heavy atom. The Labute approximate surface area is 135 Å². The Morgan fingerprint density at radius 1 is 1.00 bits per heavy atom. The van der Waals surface area contributed by atoms with Gasteiger partial charge in [-0.3, -0.25) is 4.79 Å². The molecule has 0 radical (unpaired) electrons. The van der Waals surface area contributed by atoms with Crippen molar-refractivity contribution in [3.05, 3.63) is 71.8 Å². The first-order valence-electron chi connectivity index (χ1n) is 7.50. The number of alkyl carbamates (subject to hydrolysis) is 1. The van der Waals surface area contributed by atoms with Gasteiger partial charge in [0.05, 0.1) is 0 Å². The maximum absolute atomic E-state index is 12.2. The molecule has 5 heteroatoms. The number of nitrogens with one attached hydrogen (secondary N) is 2. The van der Waals surface area contributed by atoms with E-state index in [2.05, 4.69) is 10.6 Å². The molecule has 1 unspecified atom stereocenters. The monoisotopic (exact) mass is 312 g/mol. The highest BCUT2D eigenvalue weighted by atomic mass is 16.5. The second-order valence-corrected chi connectivity index (χ2v) is 4.94. The molecule has 0 spiro atoms. The maximum Gasteiger partial charge on any atom is 0.408 e. The highest BCUT2D eigenvalue weighted by Gasteiger charge is 2.22. The third kappa shape index (κ3) is 5.14. The van der Waals surface area contributed by atoms with Crippen molar-refractivity contribution in [2.45, 2.75) is 19.6 Å². The normalized spacial score (nSPS) is 11.3. The molecule has 120 valence electrons. The van der Waals surface area contributed by atoms with Gasteiger partial charge in [-0.1, -0.05) is 60.7 Å². The topological polar surface area (TPSA) is 67.4 Å². The largest absolute Gasteiger partial charge is 0.445 e. The van der Waals surface area contributed by atoms with Crippen LogP contribution in [0.1, 0.15) is 24.1 Å². The molecule has 0 heterocycles. The van der Waals surface area contributed by atoms with Crippen LogP contribution in [0.25, 0.3) is 0 Å². The number of ether oxygens (including phenoxy) is 1. The molecule has 2 aromatic carbocycles. The fraction of sp³-hybridized carbons (Fsp3) is 0.222. The van der Waals surface area contributed by atoms with Gasteiger partial charge in [0.15, 0.2) is 0 Å². The predicted molar refractivity (Wildman–Crippen MR) is 87.6 cm³/mol. The smallest absolute Gasteiger partial charge is 0.408 e. The van der Waals surface area contributed by atoms with Gasteiger partial charge < -0.3 is 15.4 Å². The molecular formula is C18H20N2O3. The second-order valence-electron chi connectivity index (χ2n) is 4.94. The van der Waals surface area contributed by atoms with E-state index in [4.69, 9.17) is 4.74 Å². The fourth-order valence-corrected chi connectivity index (χ4v) is 2.10. The molecule has 5 nitrogen and oxygen atoms in total. The molecule has 0 bridgehead atoms. The summed E-state index contributed by atoms with van der Waals surface area (Å²) in [6.45, 7) is 2.47. The highest BCUT2D eigenvalue weighted by molar-refractivity contribution is 5.86. The number of rotatable bonds is 6. The van der Waals surface area contributed by atoms with E-state index in [-0.39, 0.29) is 12.5 Å². The number of hydrogen-bond acceptors (Lipinski definition) is 3. The van der Waals surface area contributed by atoms with Gasteiger partial charge >= 0.3 is 6.09 Å². The third-order valence-corrected chi connectivity index (χ3v) is 3.22. The number of likely N-dealkylation sites (N-methyl/N-ethyl adjacent to an activating group) is 1. The van der Waals surface area contributed by atoms with Gasteiger partial charge in [-0.25, -0.2) is 4.79 Å². The number of carbonyl (C=O) groups is 2. The Kier molecular flexibility index (Phi) is 6.17. The maximum atomic E-state index is 12.2. The van der Waals surface area contributed by atoms with Crippen LogP contribution in [0.3, 0.4) is 0 Å². The first-order chi connectivity index (χ1) is 11.2. The summed E-state index contributed by atoms with van der Waals surface area (Å²) in [5.74, 6) is -0.268. The van der Waals surface area contributed by atoms with E-state index in [9.17, 15) is 9.59 Å². The Hall–Kier alpha value is -2.82. The van der Waals surface area contributed by atoms with E-state index in [0.717, 1.165) is 5.56 Å². The van der Waals surface area contributed by atoms with Crippen LogP contribution < -0.4 is 10.6 Å². The Balaban J connectivity index is 1.99. The van der Waals surface area contributed by atoms with Crippen LogP contribution in [-0.4, -0.2) is 18.5 Å². The van der Waals surface area contributed by atoms with Gasteiger partial charge in [0.1, 0.15) is 12.6 Å². The van der Waals surface area contributed by atoms with Crippen LogP contribution in [0, 0.1) is 0 Å². The quantitative estimate of drug-likeness (QED) is 0.862. The molecule has 0 aliphatic carbocycles. The van der Waals surface area contributed by atoms with Crippen LogP contribution >= 0.6 is 0 Å². The lowest BCUT2D eigenvalue weighted by molar-refractivity contribution is -0.123. The van der Waals surface area contributed by atoms with E-state index in [0.29, 0.717) is 12.1 Å². The lowest BCUT2D eigenvalue weighted by atomic mass is 10.1. The SMILES string of the molecule is CCNC(=O)C(NC(=O)OCc1ccccc1)c1ccccc1. The van der Waals surface area contributed by atoms with Crippen LogP contribution in [-0.2, 0) is 16.1 Å². The average molecular weight is 312 g/mol. The molecule has 2 rings (SSSR count). The summed E-state index contributed by atoms with van der Waals surface area (Å²) in [6, 6.07) is 17.7. The molecule has 0 aliphatic rings. The summed E-state index contributed by atoms with van der Waals surface area (Å²) in [7, 11) is 0. The van der Waals surface area contributed by atoms with Crippen molar-refractivity contribution in [2.75, 3.05) is 6.54 Å². The highest BCUT2D eigenvalue weighted by Crippen LogP contribution is 2.13. The predicted octanol–water partition coefficient (Wildman–Crippen LogP) is 2.79. The minimum atomic E-state index is -0.778. The fourth-order valence-electron chi connectivity index (χ4n) is 2.10. The lowest BCUT2D eigenvalue weighted by Gasteiger charge is -2.18. The van der Waals surface area contributed by atoms with Crippen molar-refractivity contribution >= 4 is 12.0 Å². The molecule has 0 saturated heterocycles. The van der Waals surface area contributed by atoms with Crippen LogP contribution in [0.15, 0.2) is 60.7 Å². The Bertz CT molecular complexity index is 629. The Morgan fingerprint density at radius 3 is 2.22 bits per heavy atom. The minimum Gasteiger partial charge on any atom is -0.445 e. The standard InChI is InChI=1S/C18H20N2O3/c1-2-19-17(21)16(15-11-7-4-8-12-15)20-18(22)23-13-14-9-5-3-6-10-14/h3-12,16H,2,13H2,1H3,(H,19,21)(H,20,22). The van der Waals surface area contributed by atoms with Crippen LogP contribution in [0.5, 0.6) is 0 Å². The zero-order chi connectivity index (χ0) is 16.5. The molecule has 2 aromatic rings. The van der Waals surface area contributed by atoms with Crippen molar-refractivity contribution in [1.82, 2.24) is 10.6 Å². The molecule has 2 N–H and O–H groups in total. The summed E-state index contributed by atoms with van der Waals surface area (Å²) < 4.78 is 5.18. The average Bonchev–Trinajstić information content (AvgIpc) is 2.59. The van der Waals surface area contributed by atoms with E-state index < -0.39 is 12.1 Å². The molecule has 0 saturated carbocycles. The summed E-state index contributed by atoms with van der Waals surface area (Å²) in [5, 5.41) is 5.33. The van der Waals surface area contributed by atoms with Crippen molar-refractivity contribution in [3.8, 4) is 0 Å². The zero-order valence-corrected chi connectivity index (χ0v) is 13.0. The van der Waals surface area contributed by atoms with Crippen LogP contribution in [0.4, 0.5) is 4.79 Å². The zero-order valence-electron chi connectivity index (χ0n) is 13.0. The molecule has 23 heavy (non-hydrogen) atoms. The molecule has 0 aromatic heterocycles. The number of amides is 2. The van der Waals surface area contributed by atoms with Crippen molar-refractivity contribution in [3.63, 3.8) is 0 Å². The first-order valence-corrected chi connectivity index (χ1v) is 7.50. The summed E-state index contributed by atoms with van der Waals surface area (Å²) >= 11 is 0. The van der Waals surface area contributed by atoms with Gasteiger partial charge in [0.25, 0.3) is 0 Å². The van der Waals surface area contributed by atoms with Crippen molar-refractivity contribution < 1.29 is 14.3 Å². The van der Waals surface area contributed by atoms with Gasteiger partial charge in [0, 0.05) is 6.54 Å². The summed E-state index contributed by atoms with van der Waals surface area (Å²) in [6.07, 6.45) is -0.631. The van der Waals surface area contributed by atoms with Gasteiger partial charge in [-0.15, -0.1) is 0 Å². The molecule has 0 aliphatic heterocycles. The first kappa shape index (κ1) is 16.5. The molecular weight excluding hydrogens is 292 g/mol. The molecule has 2 amide bonds. The number of benzene rings is 2. The molecule has 0 fully saturated rings. The van der Waals surface area contributed by atoms with E-state index in [1.54, 1.807) is 12.1 Å². The van der Waals surface area contributed by atoms with Crippen molar-refractivity contribution in [2.24, 2.45) is 0 Å². The number of hydrogen-bond donors (Lipinski definition) is 2. The van der Waals surface area contributed by atoms with Gasteiger partial charge in [0.2, 0.25) is 5.91 Å². The third-order valence-electron chi connectivity index (χ3n) is 3.22. The summed E-state index contributed by atoms with van der Waals surface area (Å²) in [5.41, 5.74) is 1.59. The number of carbonyl (C=O) groups excluding carboxylic acids is 2. The van der Waals surface area contributed by atoms with E-state index >= 15 is 0 Å². The van der Waals surface area contributed by atoms with E-state index in [1.165, 1.54) is 0 Å². The summed E-state index contributed by atoms with van der Waals surface area (Å²) in [4.78, 5) is 24.2. The van der Waals surface area contributed by atoms with Crippen molar-refractivity contribution in [1.29, 1.82) is 0 Å². The second kappa shape index (κ2) is 8.58. The van der Waals surface area contributed by atoms with Gasteiger partial charge in [-0.05, 0) is 18.1 Å². The van der Waals surface area contributed by atoms with Gasteiger partial charge in [-0.2, -0.15) is 0 Å². The minimum absolute atomic E-state index is 0.156. The molecule has 1 atom stereocenters. The van der Waals surface area contributed by atoms with E-state index in [1.807, 2.05) is 55.5 Å². The lowest BCUT2D eigenvalue weighted by Crippen LogP contribution is -2.40. The van der Waals surface area contributed by atoms with Crippen LogP contribution in [0.2, 0.25) is 0 Å².